The van der Waals surface area contributed by atoms with Crippen LogP contribution >= 0.6 is 34.8 Å². The number of aliphatic hydroxyl groups is 1. The molecule has 2 rings (SSSR count). The molecule has 0 radical (unpaired) electrons. The summed E-state index contributed by atoms with van der Waals surface area (Å²) in [4.78, 5) is -0.137. The van der Waals surface area contributed by atoms with Crippen molar-refractivity contribution in [2.45, 2.75) is 11.5 Å². The van der Waals surface area contributed by atoms with E-state index >= 15 is 0 Å². The van der Waals surface area contributed by atoms with Gasteiger partial charge in [-0.2, -0.15) is 0 Å². The topological polar surface area (TPSA) is 66.4 Å². The van der Waals surface area contributed by atoms with Crippen LogP contribution in [0.25, 0.3) is 0 Å². The molecule has 2 aromatic rings. The zero-order chi connectivity index (χ0) is 15.6. The first-order valence-electron chi connectivity index (χ1n) is 5.70. The third-order valence-corrected chi connectivity index (χ3v) is 5.04. The molecule has 2 N–H and O–H groups in total. The van der Waals surface area contributed by atoms with Gasteiger partial charge in [0.05, 0.1) is 22.3 Å². The molecule has 8 heteroatoms. The van der Waals surface area contributed by atoms with Gasteiger partial charge >= 0.3 is 0 Å². The fraction of sp³-hybridized carbons (Fsp3) is 0.0769. The summed E-state index contributed by atoms with van der Waals surface area (Å²) in [6.07, 6.45) is 0. The van der Waals surface area contributed by atoms with Gasteiger partial charge in [-0.15, -0.1) is 0 Å². The first-order chi connectivity index (χ1) is 9.83. The number of nitrogens with one attached hydrogen (secondary N) is 1. The minimum Gasteiger partial charge on any atom is -0.392 e. The lowest BCUT2D eigenvalue weighted by atomic mass is 10.2. The van der Waals surface area contributed by atoms with Gasteiger partial charge in [0.2, 0.25) is 0 Å². The molecule has 21 heavy (non-hydrogen) atoms. The van der Waals surface area contributed by atoms with E-state index in [-0.39, 0.29) is 27.2 Å². The molecule has 4 nitrogen and oxygen atoms in total. The van der Waals surface area contributed by atoms with Crippen molar-refractivity contribution >= 4 is 50.5 Å². The monoisotopic (exact) mass is 365 g/mol. The van der Waals surface area contributed by atoms with Gasteiger partial charge < -0.3 is 5.11 Å². The summed E-state index contributed by atoms with van der Waals surface area (Å²) in [5.74, 6) is 0. The van der Waals surface area contributed by atoms with Crippen molar-refractivity contribution in [3.05, 3.63) is 57.0 Å². The highest BCUT2D eigenvalue weighted by atomic mass is 35.5. The quantitative estimate of drug-likeness (QED) is 0.861. The highest BCUT2D eigenvalue weighted by molar-refractivity contribution is 7.92. The van der Waals surface area contributed by atoms with Crippen LogP contribution in [-0.2, 0) is 16.6 Å². The molecular formula is C13H10Cl3NO3S. The maximum atomic E-state index is 12.4. The Morgan fingerprint density at radius 2 is 1.71 bits per heavy atom. The van der Waals surface area contributed by atoms with E-state index in [9.17, 15) is 8.42 Å². The van der Waals surface area contributed by atoms with Gasteiger partial charge in [-0.1, -0.05) is 40.9 Å². The summed E-state index contributed by atoms with van der Waals surface area (Å²) >= 11 is 17.6. The average molecular weight is 367 g/mol. The molecule has 0 aliphatic heterocycles. The smallest absolute Gasteiger partial charge is 0.263 e. The third kappa shape index (κ3) is 3.81. The second kappa shape index (κ2) is 6.42. The predicted molar refractivity (Wildman–Crippen MR) is 84.6 cm³/mol. The zero-order valence-electron chi connectivity index (χ0n) is 10.5. The van der Waals surface area contributed by atoms with E-state index in [2.05, 4.69) is 4.72 Å². The van der Waals surface area contributed by atoms with E-state index < -0.39 is 10.0 Å². The van der Waals surface area contributed by atoms with Gasteiger partial charge in [-0.05, 0) is 35.9 Å². The van der Waals surface area contributed by atoms with E-state index in [4.69, 9.17) is 39.9 Å². The number of rotatable bonds is 4. The lowest BCUT2D eigenvalue weighted by Crippen LogP contribution is -2.14. The molecule has 0 aliphatic rings. The van der Waals surface area contributed by atoms with Crippen LogP contribution in [0.5, 0.6) is 0 Å². The molecule has 0 aromatic heterocycles. The number of hydrogen-bond acceptors (Lipinski definition) is 3. The van der Waals surface area contributed by atoms with Crippen molar-refractivity contribution in [1.29, 1.82) is 0 Å². The van der Waals surface area contributed by atoms with Crippen LogP contribution in [0.15, 0.2) is 41.3 Å². The Morgan fingerprint density at radius 1 is 1.00 bits per heavy atom. The molecule has 0 atom stereocenters. The number of benzene rings is 2. The Hall–Kier alpha value is -0.980. The van der Waals surface area contributed by atoms with Crippen molar-refractivity contribution in [3.8, 4) is 0 Å². The molecule has 0 spiro atoms. The van der Waals surface area contributed by atoms with Crippen molar-refractivity contribution in [2.24, 2.45) is 0 Å². The van der Waals surface area contributed by atoms with E-state index in [0.717, 1.165) is 0 Å². The van der Waals surface area contributed by atoms with E-state index in [1.807, 2.05) is 0 Å². The van der Waals surface area contributed by atoms with E-state index in [1.54, 1.807) is 0 Å². The first-order valence-corrected chi connectivity index (χ1v) is 8.32. The summed E-state index contributed by atoms with van der Waals surface area (Å²) in [6, 6.07) is 8.63. The largest absolute Gasteiger partial charge is 0.392 e. The number of anilines is 1. The Bertz CT molecular complexity index is 778. The zero-order valence-corrected chi connectivity index (χ0v) is 13.6. The number of halogens is 3. The molecule has 0 saturated carbocycles. The lowest BCUT2D eigenvalue weighted by Gasteiger charge is -2.12. The molecule has 2 aromatic carbocycles. The Balaban J connectivity index is 2.43. The van der Waals surface area contributed by atoms with Gasteiger partial charge in [0.15, 0.2) is 0 Å². The molecule has 0 bridgehead atoms. The van der Waals surface area contributed by atoms with Gasteiger partial charge in [0.1, 0.15) is 4.90 Å². The molecule has 0 unspecified atom stereocenters. The second-order valence-corrected chi connectivity index (χ2v) is 7.05. The molecule has 0 fully saturated rings. The normalized spacial score (nSPS) is 11.4. The SMILES string of the molecule is O=S(=O)(Nc1ccc(Cl)cc1Cl)c1cc(CO)ccc1Cl. The maximum Gasteiger partial charge on any atom is 0.263 e. The second-order valence-electron chi connectivity index (χ2n) is 4.15. The summed E-state index contributed by atoms with van der Waals surface area (Å²) < 4.78 is 27.1. The minimum absolute atomic E-state index is 0.0461. The van der Waals surface area contributed by atoms with Gasteiger partial charge in [0.25, 0.3) is 10.0 Å². The van der Waals surface area contributed by atoms with Crippen LogP contribution in [-0.4, -0.2) is 13.5 Å². The summed E-state index contributed by atoms with van der Waals surface area (Å²) in [5, 5.41) is 9.69. The molecule has 0 aliphatic carbocycles. The standard InChI is InChI=1S/C13H10Cl3NO3S/c14-9-2-4-12(11(16)6-9)17-21(19,20)13-5-8(7-18)1-3-10(13)15/h1-6,17-18H,7H2. The fourth-order valence-electron chi connectivity index (χ4n) is 1.62. The molecule has 112 valence electrons. The summed E-state index contributed by atoms with van der Waals surface area (Å²) in [6.45, 7) is -0.290. The molecule has 0 saturated heterocycles. The predicted octanol–water partition coefficient (Wildman–Crippen LogP) is 3.94. The summed E-state index contributed by atoms with van der Waals surface area (Å²) in [7, 11) is -3.93. The van der Waals surface area contributed by atoms with Crippen LogP contribution < -0.4 is 4.72 Å². The van der Waals surface area contributed by atoms with Crippen molar-refractivity contribution < 1.29 is 13.5 Å². The van der Waals surface area contributed by atoms with E-state index in [1.165, 1.54) is 36.4 Å². The highest BCUT2D eigenvalue weighted by Crippen LogP contribution is 2.30. The fourth-order valence-corrected chi connectivity index (χ4v) is 3.77. The van der Waals surface area contributed by atoms with Crippen molar-refractivity contribution in [2.75, 3.05) is 4.72 Å². The highest BCUT2D eigenvalue weighted by Gasteiger charge is 2.19. The number of aliphatic hydroxyl groups excluding tert-OH is 1. The lowest BCUT2D eigenvalue weighted by molar-refractivity contribution is 0.281. The summed E-state index contributed by atoms with van der Waals surface area (Å²) in [5.41, 5.74) is 0.619. The van der Waals surface area contributed by atoms with E-state index in [0.29, 0.717) is 10.6 Å². The molecule has 0 amide bonds. The Labute approximate surface area is 137 Å². The minimum atomic E-state index is -3.93. The van der Waals surface area contributed by atoms with Gasteiger partial charge in [-0.25, -0.2) is 8.42 Å². The van der Waals surface area contributed by atoms with Crippen LogP contribution in [0.2, 0.25) is 15.1 Å². The Kier molecular flexibility index (Phi) is 5.01. The Morgan fingerprint density at radius 3 is 2.33 bits per heavy atom. The van der Waals surface area contributed by atoms with Crippen molar-refractivity contribution in [3.63, 3.8) is 0 Å². The first kappa shape index (κ1) is 16.4. The molecule has 0 heterocycles. The average Bonchev–Trinajstić information content (AvgIpc) is 2.42. The van der Waals surface area contributed by atoms with Crippen LogP contribution in [0.3, 0.4) is 0 Å². The number of hydrogen-bond donors (Lipinski definition) is 2. The van der Waals surface area contributed by atoms with Crippen molar-refractivity contribution in [1.82, 2.24) is 0 Å². The maximum absolute atomic E-state index is 12.4. The molecular weight excluding hydrogens is 357 g/mol. The third-order valence-electron chi connectivity index (χ3n) is 2.64. The van der Waals surface area contributed by atoms with Gasteiger partial charge in [-0.3, -0.25) is 4.72 Å². The van der Waals surface area contributed by atoms with Gasteiger partial charge in [0, 0.05) is 5.02 Å². The van der Waals surface area contributed by atoms with Crippen LogP contribution in [0.4, 0.5) is 5.69 Å². The van der Waals surface area contributed by atoms with Crippen LogP contribution in [0, 0.1) is 0 Å². The van der Waals surface area contributed by atoms with Crippen LogP contribution in [0.1, 0.15) is 5.56 Å². The number of sulfonamides is 1.